The van der Waals surface area contributed by atoms with E-state index in [0.29, 0.717) is 56.0 Å². The normalized spacial score (nSPS) is 27.8. The van der Waals surface area contributed by atoms with Crippen LogP contribution in [-0.4, -0.2) is 63.9 Å². The molecule has 0 bridgehead atoms. The van der Waals surface area contributed by atoms with Crippen molar-refractivity contribution in [1.82, 2.24) is 14.9 Å². The van der Waals surface area contributed by atoms with E-state index in [9.17, 15) is 27.1 Å². The molecule has 1 aromatic heterocycles. The number of nitrogens with two attached hydrogens (primary N) is 1. The summed E-state index contributed by atoms with van der Waals surface area (Å²) in [6, 6.07) is 2.62. The SMILES string of the molecule is Cc1cc(N)cc([C@@H]2Cc3nc(OC[C@@]45CCCN4CC(=C(F)F)C5)nc(N4CCC[C@@](C)(O)C4)c3CO2)c1C(F)(F)F. The third-order valence-corrected chi connectivity index (χ3v) is 9.25. The van der Waals surface area contributed by atoms with E-state index in [1.807, 2.05) is 9.80 Å². The van der Waals surface area contributed by atoms with E-state index in [4.69, 9.17) is 20.2 Å². The number of aliphatic hydroxyl groups is 1. The molecule has 3 saturated heterocycles. The predicted octanol–water partition coefficient (Wildman–Crippen LogP) is 5.32. The number of nitrogens with zero attached hydrogens (tertiary/aromatic N) is 4. The van der Waals surface area contributed by atoms with Crippen molar-refractivity contribution in [2.45, 2.75) is 82.4 Å². The van der Waals surface area contributed by atoms with Gasteiger partial charge >= 0.3 is 12.2 Å². The van der Waals surface area contributed by atoms with Gasteiger partial charge in [0.15, 0.2) is 0 Å². The van der Waals surface area contributed by atoms with Gasteiger partial charge in [0.2, 0.25) is 0 Å². The van der Waals surface area contributed by atoms with Crippen molar-refractivity contribution in [2.75, 3.05) is 43.4 Å². The molecular formula is C30H36F5N5O3. The van der Waals surface area contributed by atoms with Crippen molar-refractivity contribution in [2.24, 2.45) is 0 Å². The molecule has 0 amide bonds. The summed E-state index contributed by atoms with van der Waals surface area (Å²) in [6.45, 7) is 4.99. The fraction of sp³-hybridized carbons (Fsp3) is 0.600. The molecule has 13 heteroatoms. The Kier molecular flexibility index (Phi) is 7.57. The van der Waals surface area contributed by atoms with Crippen LogP contribution in [0.25, 0.3) is 0 Å². The highest BCUT2D eigenvalue weighted by atomic mass is 19.4. The van der Waals surface area contributed by atoms with Crippen molar-refractivity contribution in [3.8, 4) is 6.01 Å². The second kappa shape index (κ2) is 10.8. The summed E-state index contributed by atoms with van der Waals surface area (Å²) in [5.74, 6) is 0.501. The maximum Gasteiger partial charge on any atom is 0.417 e. The molecule has 0 aliphatic carbocycles. The summed E-state index contributed by atoms with van der Waals surface area (Å²) in [6.07, 6.45) is -4.11. The zero-order valence-corrected chi connectivity index (χ0v) is 24.2. The fourth-order valence-electron chi connectivity index (χ4n) is 7.31. The van der Waals surface area contributed by atoms with Gasteiger partial charge in [-0.15, -0.1) is 0 Å². The van der Waals surface area contributed by atoms with Gasteiger partial charge in [-0.2, -0.15) is 31.9 Å². The zero-order chi connectivity index (χ0) is 30.7. The highest BCUT2D eigenvalue weighted by Crippen LogP contribution is 2.45. The number of hydrogen-bond acceptors (Lipinski definition) is 8. The Morgan fingerprint density at radius 3 is 2.67 bits per heavy atom. The van der Waals surface area contributed by atoms with Crippen LogP contribution < -0.4 is 15.4 Å². The lowest BCUT2D eigenvalue weighted by Crippen LogP contribution is -2.47. The van der Waals surface area contributed by atoms with Crippen molar-refractivity contribution in [3.05, 3.63) is 51.7 Å². The van der Waals surface area contributed by atoms with Gasteiger partial charge in [-0.3, -0.25) is 4.90 Å². The van der Waals surface area contributed by atoms with Gasteiger partial charge in [0.1, 0.15) is 12.4 Å². The number of β-amino-alcohol motifs (C(OH)–C–C–N with tert-alkyl or cyclic N) is 1. The number of hydrogen-bond donors (Lipinski definition) is 2. The first-order chi connectivity index (χ1) is 20.2. The van der Waals surface area contributed by atoms with E-state index >= 15 is 0 Å². The number of benzene rings is 1. The van der Waals surface area contributed by atoms with Gasteiger partial charge in [-0.05, 0) is 75.8 Å². The molecule has 1 aromatic carbocycles. The lowest BCUT2D eigenvalue weighted by molar-refractivity contribution is -0.140. The highest BCUT2D eigenvalue weighted by Gasteiger charge is 2.48. The van der Waals surface area contributed by atoms with Crippen LogP contribution in [0.1, 0.15) is 73.1 Å². The first-order valence-corrected chi connectivity index (χ1v) is 14.6. The minimum Gasteiger partial charge on any atom is -0.461 e. The molecule has 3 atom stereocenters. The van der Waals surface area contributed by atoms with Crippen LogP contribution in [-0.2, 0) is 23.9 Å². The molecule has 6 rings (SSSR count). The van der Waals surface area contributed by atoms with E-state index in [0.717, 1.165) is 6.42 Å². The van der Waals surface area contributed by atoms with E-state index in [2.05, 4.69) is 4.98 Å². The van der Waals surface area contributed by atoms with Gasteiger partial charge in [-0.25, -0.2) is 0 Å². The molecular weight excluding hydrogens is 573 g/mol. The molecule has 2 aromatic rings. The number of rotatable bonds is 5. The second-order valence-corrected chi connectivity index (χ2v) is 12.7. The molecule has 0 unspecified atom stereocenters. The molecule has 0 spiro atoms. The Hall–Kier alpha value is -3.03. The first kappa shape index (κ1) is 30.0. The monoisotopic (exact) mass is 609 g/mol. The summed E-state index contributed by atoms with van der Waals surface area (Å²) in [7, 11) is 0. The number of anilines is 2. The number of halogens is 5. The fourth-order valence-corrected chi connectivity index (χ4v) is 7.31. The molecule has 43 heavy (non-hydrogen) atoms. The minimum absolute atomic E-state index is 0.00918. The van der Waals surface area contributed by atoms with Crippen LogP contribution in [0.2, 0.25) is 0 Å². The van der Waals surface area contributed by atoms with Crippen LogP contribution in [0.15, 0.2) is 23.8 Å². The molecule has 4 aliphatic rings. The Morgan fingerprint density at radius 1 is 1.19 bits per heavy atom. The topological polar surface area (TPSA) is 97.0 Å². The molecule has 234 valence electrons. The van der Waals surface area contributed by atoms with Crippen molar-refractivity contribution in [1.29, 1.82) is 0 Å². The number of nitrogen functional groups attached to an aromatic ring is 1. The standard InChI is InChI=1S/C30H36F5N5O3/c1-17-9-19(36)10-20(24(17)30(33,34)35)23-11-22-21(14-42-23)26(39-7-3-5-28(2,41)15-39)38-27(37-22)43-16-29-6-4-8-40(29)13-18(12-29)25(31)32/h9-10,23,41H,3-8,11-16,36H2,1-2H3/t23-,28+,29-/m0/s1. The van der Waals surface area contributed by atoms with Gasteiger partial charge < -0.3 is 25.2 Å². The smallest absolute Gasteiger partial charge is 0.417 e. The third-order valence-electron chi connectivity index (χ3n) is 9.25. The van der Waals surface area contributed by atoms with Gasteiger partial charge in [-0.1, -0.05) is 0 Å². The van der Waals surface area contributed by atoms with Gasteiger partial charge in [0.25, 0.3) is 6.08 Å². The molecule has 4 aliphatic heterocycles. The van der Waals surface area contributed by atoms with Crippen molar-refractivity contribution >= 4 is 11.5 Å². The molecule has 0 radical (unpaired) electrons. The van der Waals surface area contributed by atoms with Gasteiger partial charge in [0, 0.05) is 42.9 Å². The summed E-state index contributed by atoms with van der Waals surface area (Å²) in [5.41, 5.74) is 5.02. The largest absolute Gasteiger partial charge is 0.461 e. The summed E-state index contributed by atoms with van der Waals surface area (Å²) in [5, 5.41) is 10.8. The van der Waals surface area contributed by atoms with Crippen LogP contribution in [0, 0.1) is 6.92 Å². The Labute approximate surface area is 246 Å². The van der Waals surface area contributed by atoms with E-state index < -0.39 is 35.1 Å². The minimum atomic E-state index is -4.61. The second-order valence-electron chi connectivity index (χ2n) is 12.7. The molecule has 0 saturated carbocycles. The Morgan fingerprint density at radius 2 is 1.95 bits per heavy atom. The Balaban J connectivity index is 1.35. The number of piperidine rings is 1. The Bertz CT molecular complexity index is 1440. The van der Waals surface area contributed by atoms with E-state index in [-0.39, 0.29) is 61.0 Å². The van der Waals surface area contributed by atoms with E-state index in [1.165, 1.54) is 19.1 Å². The van der Waals surface area contributed by atoms with Crippen molar-refractivity contribution < 1.29 is 36.5 Å². The summed E-state index contributed by atoms with van der Waals surface area (Å²) >= 11 is 0. The van der Waals surface area contributed by atoms with E-state index in [1.54, 1.807) is 6.92 Å². The average molecular weight is 610 g/mol. The number of fused-ring (bicyclic) bond motifs is 2. The van der Waals surface area contributed by atoms with Crippen LogP contribution >= 0.6 is 0 Å². The molecule has 3 N–H and O–H groups in total. The maximum atomic E-state index is 14.1. The molecule has 3 fully saturated rings. The van der Waals surface area contributed by atoms with Crippen LogP contribution in [0.3, 0.4) is 0 Å². The van der Waals surface area contributed by atoms with Crippen LogP contribution in [0.4, 0.5) is 33.5 Å². The number of aromatic nitrogens is 2. The van der Waals surface area contributed by atoms with Crippen LogP contribution in [0.5, 0.6) is 6.01 Å². The summed E-state index contributed by atoms with van der Waals surface area (Å²) < 4.78 is 81.6. The third kappa shape index (κ3) is 5.78. The number of alkyl halides is 3. The molecule has 5 heterocycles. The van der Waals surface area contributed by atoms with Gasteiger partial charge in [0.05, 0.1) is 35.1 Å². The highest BCUT2D eigenvalue weighted by molar-refractivity contribution is 5.54. The van der Waals surface area contributed by atoms with Crippen molar-refractivity contribution in [3.63, 3.8) is 0 Å². The quantitative estimate of drug-likeness (QED) is 0.348. The lowest BCUT2D eigenvalue weighted by Gasteiger charge is -2.39. The lowest BCUT2D eigenvalue weighted by atomic mass is 9.91. The first-order valence-electron chi connectivity index (χ1n) is 14.6. The average Bonchev–Trinajstić information content (AvgIpc) is 3.47. The summed E-state index contributed by atoms with van der Waals surface area (Å²) in [4.78, 5) is 13.3. The number of ether oxygens (including phenoxy) is 2. The number of aryl methyl sites for hydroxylation is 1. The molecule has 8 nitrogen and oxygen atoms in total. The predicted molar refractivity (Wildman–Crippen MR) is 149 cm³/mol. The maximum absolute atomic E-state index is 14.1. The zero-order valence-electron chi connectivity index (χ0n) is 24.2.